The predicted octanol–water partition coefficient (Wildman–Crippen LogP) is -0.0936. The van der Waals surface area contributed by atoms with Crippen LogP contribution >= 0.6 is 0 Å². The molecule has 0 aromatic rings. The molecule has 2 atom stereocenters. The van der Waals surface area contributed by atoms with Crippen molar-refractivity contribution in [1.82, 2.24) is 10.2 Å². The molecule has 0 aromatic carbocycles. The lowest BCUT2D eigenvalue weighted by atomic mass is 10.3. The molecule has 7 nitrogen and oxygen atoms in total. The van der Waals surface area contributed by atoms with Crippen LogP contribution in [0.1, 0.15) is 13.3 Å². The molecule has 0 aromatic heterocycles. The number of carbonyl (C=O) groups excluding carboxylic acids is 1. The minimum Gasteiger partial charge on any atom is -0.480 e. The first-order valence-electron chi connectivity index (χ1n) is 5.93. The zero-order valence-corrected chi connectivity index (χ0v) is 10.7. The van der Waals surface area contributed by atoms with Crippen LogP contribution < -0.4 is 5.32 Å². The van der Waals surface area contributed by atoms with E-state index in [9.17, 15) is 9.59 Å². The number of hydrogen-bond acceptors (Lipinski definition) is 4. The zero-order valence-electron chi connectivity index (χ0n) is 10.7. The highest BCUT2D eigenvalue weighted by Crippen LogP contribution is 2.05. The average molecular weight is 260 g/mol. The molecular weight excluding hydrogens is 240 g/mol. The van der Waals surface area contributed by atoms with Crippen LogP contribution in [0.3, 0.4) is 0 Å². The molecule has 0 bridgehead atoms. The summed E-state index contributed by atoms with van der Waals surface area (Å²) in [5, 5.41) is 11.4. The van der Waals surface area contributed by atoms with Crippen molar-refractivity contribution >= 4 is 12.0 Å². The number of hydrogen-bond donors (Lipinski definition) is 2. The molecule has 1 fully saturated rings. The number of methoxy groups -OCH3 is 1. The molecular formula is C11H20N2O5. The van der Waals surface area contributed by atoms with E-state index in [2.05, 4.69) is 5.32 Å². The van der Waals surface area contributed by atoms with Gasteiger partial charge in [0.1, 0.15) is 0 Å². The van der Waals surface area contributed by atoms with Crippen molar-refractivity contribution < 1.29 is 24.2 Å². The monoisotopic (exact) mass is 260 g/mol. The van der Waals surface area contributed by atoms with Gasteiger partial charge in [-0.15, -0.1) is 0 Å². The number of carboxylic acid groups (broad SMARTS) is 1. The first-order valence-corrected chi connectivity index (χ1v) is 5.93. The Morgan fingerprint density at radius 2 is 2.33 bits per heavy atom. The summed E-state index contributed by atoms with van der Waals surface area (Å²) in [6.07, 6.45) is 0.712. The van der Waals surface area contributed by atoms with E-state index in [0.717, 1.165) is 6.42 Å². The van der Waals surface area contributed by atoms with Crippen LogP contribution in [0.25, 0.3) is 0 Å². The quantitative estimate of drug-likeness (QED) is 0.737. The molecule has 1 aliphatic heterocycles. The van der Waals surface area contributed by atoms with Gasteiger partial charge >= 0.3 is 12.0 Å². The number of aliphatic carboxylic acids is 1. The maximum atomic E-state index is 11.9. The first-order chi connectivity index (χ1) is 8.54. The number of nitrogens with one attached hydrogen (secondary N) is 1. The Bertz CT molecular complexity index is 297. The second-order valence-corrected chi connectivity index (χ2v) is 4.28. The van der Waals surface area contributed by atoms with Gasteiger partial charge in [0.15, 0.2) is 6.04 Å². The third kappa shape index (κ3) is 4.50. The molecule has 1 heterocycles. The molecule has 0 aliphatic carbocycles. The van der Waals surface area contributed by atoms with Gasteiger partial charge < -0.3 is 24.8 Å². The van der Waals surface area contributed by atoms with Crippen molar-refractivity contribution in [1.29, 1.82) is 0 Å². The molecule has 2 unspecified atom stereocenters. The van der Waals surface area contributed by atoms with E-state index < -0.39 is 18.0 Å². The van der Waals surface area contributed by atoms with Gasteiger partial charge in [-0.05, 0) is 13.3 Å². The van der Waals surface area contributed by atoms with Crippen molar-refractivity contribution in [2.45, 2.75) is 25.5 Å². The van der Waals surface area contributed by atoms with Crippen molar-refractivity contribution in [3.8, 4) is 0 Å². The number of nitrogens with zero attached hydrogens (tertiary/aromatic N) is 1. The van der Waals surface area contributed by atoms with Crippen LogP contribution in [0.15, 0.2) is 0 Å². The molecule has 0 saturated carbocycles. The molecule has 1 rings (SSSR count). The largest absolute Gasteiger partial charge is 0.480 e. The highest BCUT2D eigenvalue weighted by Gasteiger charge is 2.25. The summed E-state index contributed by atoms with van der Waals surface area (Å²) < 4.78 is 10.2. The Morgan fingerprint density at radius 1 is 1.61 bits per heavy atom. The Balaban J connectivity index is 2.53. The summed E-state index contributed by atoms with van der Waals surface area (Å²) in [6, 6.07) is -1.42. The fourth-order valence-electron chi connectivity index (χ4n) is 1.76. The summed E-state index contributed by atoms with van der Waals surface area (Å²) in [5.41, 5.74) is 0. The highest BCUT2D eigenvalue weighted by molar-refractivity contribution is 5.82. The van der Waals surface area contributed by atoms with E-state index >= 15 is 0 Å². The van der Waals surface area contributed by atoms with E-state index in [0.29, 0.717) is 19.7 Å². The third-order valence-corrected chi connectivity index (χ3v) is 2.67. The lowest BCUT2D eigenvalue weighted by Gasteiger charge is -2.24. The summed E-state index contributed by atoms with van der Waals surface area (Å²) in [7, 11) is 1.39. The van der Waals surface area contributed by atoms with Crippen molar-refractivity contribution in [3.63, 3.8) is 0 Å². The van der Waals surface area contributed by atoms with Crippen LogP contribution in [-0.4, -0.2) is 67.6 Å². The Hall–Kier alpha value is -1.34. The van der Waals surface area contributed by atoms with Gasteiger partial charge in [-0.25, -0.2) is 9.59 Å². The topological polar surface area (TPSA) is 88.1 Å². The maximum absolute atomic E-state index is 11.9. The van der Waals surface area contributed by atoms with Crippen LogP contribution in [0, 0.1) is 0 Å². The summed E-state index contributed by atoms with van der Waals surface area (Å²) >= 11 is 0. The van der Waals surface area contributed by atoms with Gasteiger partial charge in [-0.2, -0.15) is 0 Å². The molecule has 104 valence electrons. The normalized spacial score (nSPS) is 22.1. The summed E-state index contributed by atoms with van der Waals surface area (Å²) in [6.45, 7) is 3.47. The van der Waals surface area contributed by atoms with Crippen LogP contribution in [0.2, 0.25) is 0 Å². The van der Waals surface area contributed by atoms with Gasteiger partial charge in [0, 0.05) is 26.8 Å². The fourth-order valence-corrected chi connectivity index (χ4v) is 1.76. The fraction of sp³-hybridized carbons (Fsp3) is 0.818. The van der Waals surface area contributed by atoms with E-state index in [1.807, 2.05) is 6.92 Å². The van der Waals surface area contributed by atoms with Crippen molar-refractivity contribution in [2.75, 3.05) is 33.4 Å². The Labute approximate surface area is 106 Å². The minimum atomic E-state index is -1.11. The summed E-state index contributed by atoms with van der Waals surface area (Å²) in [4.78, 5) is 24.4. The van der Waals surface area contributed by atoms with Crippen LogP contribution in [-0.2, 0) is 14.3 Å². The third-order valence-electron chi connectivity index (χ3n) is 2.67. The van der Waals surface area contributed by atoms with Gasteiger partial charge in [0.25, 0.3) is 0 Å². The average Bonchev–Trinajstić information content (AvgIpc) is 2.53. The molecule has 0 spiro atoms. The van der Waals surface area contributed by atoms with Gasteiger partial charge in [0.2, 0.25) is 0 Å². The summed E-state index contributed by atoms with van der Waals surface area (Å²) in [5.74, 6) is -1.11. The number of amides is 2. The first kappa shape index (κ1) is 14.7. The number of carboxylic acids is 1. The molecule has 0 radical (unpaired) electrons. The van der Waals surface area contributed by atoms with Gasteiger partial charge in [-0.3, -0.25) is 0 Å². The molecule has 7 heteroatoms. The lowest BCUT2D eigenvalue weighted by Crippen LogP contribution is -2.51. The van der Waals surface area contributed by atoms with Crippen LogP contribution in [0.5, 0.6) is 0 Å². The Kier molecular flexibility index (Phi) is 5.87. The van der Waals surface area contributed by atoms with Gasteiger partial charge in [0.05, 0.1) is 12.7 Å². The van der Waals surface area contributed by atoms with Crippen LogP contribution in [0.4, 0.5) is 4.79 Å². The molecule has 1 saturated heterocycles. The van der Waals surface area contributed by atoms with E-state index in [-0.39, 0.29) is 12.7 Å². The Morgan fingerprint density at radius 3 is 2.94 bits per heavy atom. The van der Waals surface area contributed by atoms with E-state index in [1.165, 1.54) is 7.11 Å². The van der Waals surface area contributed by atoms with E-state index in [1.54, 1.807) is 4.90 Å². The number of carbonyl (C=O) groups is 2. The smallest absolute Gasteiger partial charge is 0.328 e. The SMILES string of the molecule is COCC(NC(=O)N1CCCOC(C)C1)C(=O)O. The molecule has 1 aliphatic rings. The van der Waals surface area contributed by atoms with E-state index in [4.69, 9.17) is 14.6 Å². The predicted molar refractivity (Wildman–Crippen MR) is 63.4 cm³/mol. The lowest BCUT2D eigenvalue weighted by molar-refractivity contribution is -0.140. The number of ether oxygens (including phenoxy) is 2. The van der Waals surface area contributed by atoms with Gasteiger partial charge in [-0.1, -0.05) is 0 Å². The second-order valence-electron chi connectivity index (χ2n) is 4.28. The zero-order chi connectivity index (χ0) is 13.5. The number of rotatable bonds is 4. The number of urea groups is 1. The van der Waals surface area contributed by atoms with Crippen molar-refractivity contribution in [2.24, 2.45) is 0 Å². The standard InChI is InChI=1S/C11H20N2O5/c1-8-6-13(4-3-5-18-8)11(16)12-9(7-17-2)10(14)15/h8-9H,3-7H2,1-2H3,(H,12,16)(H,14,15). The molecule has 2 N–H and O–H groups in total. The van der Waals surface area contributed by atoms with Crippen molar-refractivity contribution in [3.05, 3.63) is 0 Å². The highest BCUT2D eigenvalue weighted by atomic mass is 16.5. The maximum Gasteiger partial charge on any atom is 0.328 e. The minimum absolute atomic E-state index is 0.0380. The molecule has 18 heavy (non-hydrogen) atoms. The molecule has 2 amide bonds. The second kappa shape index (κ2) is 7.17.